The van der Waals surface area contributed by atoms with E-state index in [0.717, 1.165) is 36.4 Å². The molecule has 0 aromatic heterocycles. The van der Waals surface area contributed by atoms with Crippen LogP contribution in [0.5, 0.6) is 5.75 Å². The molecule has 0 saturated heterocycles. The lowest BCUT2D eigenvalue weighted by atomic mass is 10.2. The van der Waals surface area contributed by atoms with Crippen molar-refractivity contribution in [3.63, 3.8) is 0 Å². The number of hydrogen-bond donors (Lipinski definition) is 0. The van der Waals surface area contributed by atoms with Crippen molar-refractivity contribution in [1.29, 1.82) is 0 Å². The van der Waals surface area contributed by atoms with E-state index >= 15 is 0 Å². The number of rotatable bonds is 7. The van der Waals surface area contributed by atoms with Crippen LogP contribution in [0.1, 0.15) is 11.1 Å². The van der Waals surface area contributed by atoms with Crippen molar-refractivity contribution in [2.75, 3.05) is 11.6 Å². The number of alkyl halides is 3. The van der Waals surface area contributed by atoms with E-state index < -0.39 is 46.4 Å². The highest BCUT2D eigenvalue weighted by molar-refractivity contribution is 5.96. The average molecular weight is 461 g/mol. The number of nitro groups is 1. The van der Waals surface area contributed by atoms with Crippen molar-refractivity contribution >= 4 is 23.5 Å². The van der Waals surface area contributed by atoms with Gasteiger partial charge in [-0.1, -0.05) is 36.4 Å². The Bertz CT molecular complexity index is 1180. The molecule has 0 atom stereocenters. The maximum Gasteiger partial charge on any atom is 0.416 e. The fourth-order valence-electron chi connectivity index (χ4n) is 2.71. The monoisotopic (exact) mass is 461 g/mol. The Morgan fingerprint density at radius 1 is 1.06 bits per heavy atom. The quantitative estimate of drug-likeness (QED) is 0.210. The number of hydrazone groups is 1. The number of ether oxygens (including phenoxy) is 1. The number of hydrogen-bond acceptors (Lipinski definition) is 5. The van der Waals surface area contributed by atoms with Gasteiger partial charge >= 0.3 is 11.9 Å². The first-order chi connectivity index (χ1) is 15.6. The number of carbonyl (C=O) groups is 1. The van der Waals surface area contributed by atoms with E-state index in [0.29, 0.717) is 10.6 Å². The van der Waals surface area contributed by atoms with Crippen LogP contribution >= 0.6 is 0 Å². The fraction of sp³-hybridized carbons (Fsp3) is 0.0909. The molecule has 0 aliphatic rings. The molecule has 0 fully saturated rings. The predicted molar refractivity (Wildman–Crippen MR) is 112 cm³/mol. The summed E-state index contributed by atoms with van der Waals surface area (Å²) >= 11 is 0. The normalized spacial score (nSPS) is 11.4. The largest absolute Gasteiger partial charge is 0.477 e. The molecule has 0 radical (unpaired) electrons. The van der Waals surface area contributed by atoms with Crippen LogP contribution in [0, 0.1) is 15.9 Å². The summed E-state index contributed by atoms with van der Waals surface area (Å²) in [7, 11) is 0. The molecule has 170 valence electrons. The molecule has 11 heteroatoms. The standard InChI is InChI=1S/C22H15F4N3O4/c23-17-9-10-19(29(31)32)20(12-17)33-14-21(30)28(27-13-15-5-2-1-3-6-15)18-8-4-7-16(11-18)22(24,25)26/h1-13H,14H2/b27-13-. The zero-order valence-corrected chi connectivity index (χ0v) is 16.7. The first-order valence-corrected chi connectivity index (χ1v) is 9.31. The molecule has 0 spiro atoms. The maximum absolute atomic E-state index is 13.5. The number of benzene rings is 3. The van der Waals surface area contributed by atoms with Crippen LogP contribution in [0.3, 0.4) is 0 Å². The second-order valence-corrected chi connectivity index (χ2v) is 6.57. The summed E-state index contributed by atoms with van der Waals surface area (Å²) in [5.41, 5.74) is -1.24. The number of nitro benzene ring substituents is 1. The Kier molecular flexibility index (Phi) is 7.01. The lowest BCUT2D eigenvalue weighted by Gasteiger charge is -2.19. The summed E-state index contributed by atoms with van der Waals surface area (Å²) < 4.78 is 58.1. The second-order valence-electron chi connectivity index (χ2n) is 6.57. The first-order valence-electron chi connectivity index (χ1n) is 9.31. The number of anilines is 1. The molecule has 0 heterocycles. The molecule has 3 aromatic rings. The number of amides is 1. The van der Waals surface area contributed by atoms with Crippen LogP contribution in [0.25, 0.3) is 0 Å². The SMILES string of the molecule is O=C(COc1cc(F)ccc1[N+](=O)[O-])N(/N=C\c1ccccc1)c1cccc(C(F)(F)F)c1. The molecular weight excluding hydrogens is 446 g/mol. The lowest BCUT2D eigenvalue weighted by molar-refractivity contribution is -0.385. The second kappa shape index (κ2) is 9.90. The Labute approximate surface area is 184 Å². The molecule has 0 aliphatic carbocycles. The van der Waals surface area contributed by atoms with Gasteiger partial charge in [0.15, 0.2) is 6.61 Å². The van der Waals surface area contributed by atoms with Gasteiger partial charge < -0.3 is 4.74 Å². The Morgan fingerprint density at radius 2 is 1.79 bits per heavy atom. The molecule has 33 heavy (non-hydrogen) atoms. The summed E-state index contributed by atoms with van der Waals surface area (Å²) in [5.74, 6) is -2.29. The van der Waals surface area contributed by atoms with Gasteiger partial charge in [0.05, 0.1) is 22.4 Å². The van der Waals surface area contributed by atoms with Crippen LogP contribution in [0.15, 0.2) is 77.9 Å². The summed E-state index contributed by atoms with van der Waals surface area (Å²) in [6.07, 6.45) is -3.41. The van der Waals surface area contributed by atoms with Gasteiger partial charge in [0.25, 0.3) is 5.91 Å². The third kappa shape index (κ3) is 6.12. The van der Waals surface area contributed by atoms with E-state index in [1.54, 1.807) is 30.3 Å². The molecule has 7 nitrogen and oxygen atoms in total. The third-order valence-electron chi connectivity index (χ3n) is 4.25. The highest BCUT2D eigenvalue weighted by Crippen LogP contribution is 2.32. The third-order valence-corrected chi connectivity index (χ3v) is 4.25. The number of carbonyl (C=O) groups excluding carboxylic acids is 1. The minimum Gasteiger partial charge on any atom is -0.477 e. The summed E-state index contributed by atoms with van der Waals surface area (Å²) in [6, 6.07) is 14.8. The van der Waals surface area contributed by atoms with Crippen LogP contribution < -0.4 is 9.75 Å². The minimum atomic E-state index is -4.66. The Hall–Kier alpha value is -4.28. The van der Waals surface area contributed by atoms with E-state index in [4.69, 9.17) is 4.74 Å². The molecule has 3 rings (SSSR count). The summed E-state index contributed by atoms with van der Waals surface area (Å²) in [4.78, 5) is 23.1. The topological polar surface area (TPSA) is 85.0 Å². The van der Waals surface area contributed by atoms with Crippen LogP contribution in [-0.2, 0) is 11.0 Å². The van der Waals surface area contributed by atoms with Gasteiger partial charge in [-0.2, -0.15) is 23.3 Å². The summed E-state index contributed by atoms with van der Waals surface area (Å²) in [5, 5.41) is 15.8. The van der Waals surface area contributed by atoms with Gasteiger partial charge in [0, 0.05) is 12.1 Å². The highest BCUT2D eigenvalue weighted by atomic mass is 19.4. The smallest absolute Gasteiger partial charge is 0.416 e. The van der Waals surface area contributed by atoms with Crippen LogP contribution in [0.4, 0.5) is 28.9 Å². The molecule has 1 amide bonds. The molecular formula is C22H15F4N3O4. The van der Waals surface area contributed by atoms with E-state index in [-0.39, 0.29) is 5.69 Å². The van der Waals surface area contributed by atoms with Gasteiger partial charge in [-0.25, -0.2) is 4.39 Å². The highest BCUT2D eigenvalue weighted by Gasteiger charge is 2.31. The van der Waals surface area contributed by atoms with Crippen molar-refractivity contribution in [3.05, 3.63) is 99.9 Å². The molecule has 0 bridgehead atoms. The first kappa shape index (κ1) is 23.4. The molecule has 3 aromatic carbocycles. The zero-order chi connectivity index (χ0) is 24.0. The van der Waals surface area contributed by atoms with Gasteiger partial charge in [-0.05, 0) is 29.8 Å². The zero-order valence-electron chi connectivity index (χ0n) is 16.7. The fourth-order valence-corrected chi connectivity index (χ4v) is 2.71. The van der Waals surface area contributed by atoms with Crippen molar-refractivity contribution in [2.45, 2.75) is 6.18 Å². The molecule has 0 unspecified atom stereocenters. The van der Waals surface area contributed by atoms with Crippen LogP contribution in [-0.4, -0.2) is 23.7 Å². The van der Waals surface area contributed by atoms with Gasteiger partial charge in [-0.15, -0.1) is 0 Å². The van der Waals surface area contributed by atoms with E-state index in [9.17, 15) is 32.5 Å². The Balaban J connectivity index is 1.91. The van der Waals surface area contributed by atoms with Gasteiger partial charge in [0.1, 0.15) is 5.82 Å². The maximum atomic E-state index is 13.5. The molecule has 0 saturated carbocycles. The summed E-state index contributed by atoms with van der Waals surface area (Å²) in [6.45, 7) is -0.854. The number of nitrogens with zero attached hydrogens (tertiary/aromatic N) is 3. The molecule has 0 N–H and O–H groups in total. The molecule has 0 aliphatic heterocycles. The number of halogens is 4. The van der Waals surface area contributed by atoms with E-state index in [2.05, 4.69) is 5.10 Å². The van der Waals surface area contributed by atoms with Crippen molar-refractivity contribution in [2.24, 2.45) is 5.10 Å². The van der Waals surface area contributed by atoms with E-state index in [1.807, 2.05) is 0 Å². The minimum absolute atomic E-state index is 0.209. The van der Waals surface area contributed by atoms with Gasteiger partial charge in [0.2, 0.25) is 5.75 Å². The van der Waals surface area contributed by atoms with Crippen molar-refractivity contribution in [1.82, 2.24) is 0 Å². The van der Waals surface area contributed by atoms with Crippen molar-refractivity contribution in [3.8, 4) is 5.75 Å². The van der Waals surface area contributed by atoms with Crippen molar-refractivity contribution < 1.29 is 32.0 Å². The average Bonchev–Trinajstić information content (AvgIpc) is 2.78. The lowest BCUT2D eigenvalue weighted by Crippen LogP contribution is -2.31. The Morgan fingerprint density at radius 3 is 2.45 bits per heavy atom. The van der Waals surface area contributed by atoms with Crippen LogP contribution in [0.2, 0.25) is 0 Å². The van der Waals surface area contributed by atoms with Gasteiger partial charge in [-0.3, -0.25) is 14.9 Å². The van der Waals surface area contributed by atoms with E-state index in [1.165, 1.54) is 12.3 Å². The predicted octanol–water partition coefficient (Wildman–Crippen LogP) is 5.20.